The van der Waals surface area contributed by atoms with Crippen LogP contribution in [0.3, 0.4) is 0 Å². The lowest BCUT2D eigenvalue weighted by molar-refractivity contribution is 0.00658. The molecule has 3 atom stereocenters. The molecule has 0 bridgehead atoms. The largest absolute Gasteiger partial charge is 0.396 e. The minimum absolute atomic E-state index is 0.184. The molecule has 1 aromatic rings. The zero-order chi connectivity index (χ0) is 12.3. The molecule has 0 saturated carbocycles. The predicted molar refractivity (Wildman–Crippen MR) is 67.7 cm³/mol. The molecule has 1 fully saturated rings. The summed E-state index contributed by atoms with van der Waals surface area (Å²) in [6.45, 7) is 0.184. The van der Waals surface area contributed by atoms with Gasteiger partial charge in [0.15, 0.2) is 0 Å². The average Bonchev–Trinajstić information content (AvgIpc) is 2.35. The molecule has 17 heavy (non-hydrogen) atoms. The summed E-state index contributed by atoms with van der Waals surface area (Å²) in [4.78, 5) is 2.29. The molecular weight excluding hydrogens is 214 g/mol. The van der Waals surface area contributed by atoms with E-state index < -0.39 is 0 Å². The van der Waals surface area contributed by atoms with Gasteiger partial charge in [0, 0.05) is 18.7 Å². The maximum absolute atomic E-state index is 9.95. The Bertz CT molecular complexity index is 341. The number of nitrogens with zero attached hydrogens (tertiary/aromatic N) is 1. The van der Waals surface area contributed by atoms with Gasteiger partial charge in [-0.05, 0) is 31.9 Å². The number of likely N-dealkylation sites (tertiary alicyclic amines) is 1. The number of aliphatic hydroxyl groups excluding tert-OH is 2. The van der Waals surface area contributed by atoms with E-state index in [2.05, 4.69) is 24.1 Å². The van der Waals surface area contributed by atoms with Gasteiger partial charge in [0.25, 0.3) is 0 Å². The fourth-order valence-corrected chi connectivity index (χ4v) is 2.77. The highest BCUT2D eigenvalue weighted by molar-refractivity contribution is 5.20. The summed E-state index contributed by atoms with van der Waals surface area (Å²) in [5.74, 6) is 0. The first-order valence-electron chi connectivity index (χ1n) is 6.28. The summed E-state index contributed by atoms with van der Waals surface area (Å²) in [5, 5.41) is 19.0. The van der Waals surface area contributed by atoms with Gasteiger partial charge in [-0.25, -0.2) is 0 Å². The van der Waals surface area contributed by atoms with Gasteiger partial charge < -0.3 is 10.2 Å². The second-order valence-corrected chi connectivity index (χ2v) is 4.88. The van der Waals surface area contributed by atoms with E-state index in [1.54, 1.807) is 0 Å². The van der Waals surface area contributed by atoms with Crippen molar-refractivity contribution in [3.05, 3.63) is 35.9 Å². The van der Waals surface area contributed by atoms with E-state index in [9.17, 15) is 5.11 Å². The zero-order valence-electron chi connectivity index (χ0n) is 10.3. The molecule has 3 nitrogen and oxygen atoms in total. The van der Waals surface area contributed by atoms with Crippen LogP contribution < -0.4 is 0 Å². The summed E-state index contributed by atoms with van der Waals surface area (Å²) in [5.41, 5.74) is 1.25. The van der Waals surface area contributed by atoms with Crippen LogP contribution in [0, 0.1) is 0 Å². The highest BCUT2D eigenvalue weighted by Gasteiger charge is 2.32. The maximum atomic E-state index is 9.95. The lowest BCUT2D eigenvalue weighted by Crippen LogP contribution is -2.44. The molecular formula is C14H21NO2. The molecule has 1 unspecified atom stereocenters. The van der Waals surface area contributed by atoms with Crippen LogP contribution in [0.15, 0.2) is 30.3 Å². The van der Waals surface area contributed by atoms with Crippen molar-refractivity contribution in [3.63, 3.8) is 0 Å². The van der Waals surface area contributed by atoms with Crippen molar-refractivity contribution in [2.75, 3.05) is 13.7 Å². The van der Waals surface area contributed by atoms with Gasteiger partial charge in [-0.15, -0.1) is 0 Å². The number of aliphatic hydroxyl groups is 2. The van der Waals surface area contributed by atoms with Crippen molar-refractivity contribution in [3.8, 4) is 0 Å². The van der Waals surface area contributed by atoms with Crippen molar-refractivity contribution in [2.45, 2.75) is 37.5 Å². The Hall–Kier alpha value is -0.900. The lowest BCUT2D eigenvalue weighted by atomic mass is 9.88. The monoisotopic (exact) mass is 235 g/mol. The van der Waals surface area contributed by atoms with Gasteiger partial charge in [0.2, 0.25) is 0 Å². The van der Waals surface area contributed by atoms with Gasteiger partial charge in [-0.3, -0.25) is 4.90 Å². The van der Waals surface area contributed by atoms with E-state index in [4.69, 9.17) is 5.11 Å². The third kappa shape index (κ3) is 2.86. The summed E-state index contributed by atoms with van der Waals surface area (Å²) in [6, 6.07) is 10.8. The normalized spacial score (nSPS) is 30.4. The van der Waals surface area contributed by atoms with E-state index >= 15 is 0 Å². The van der Waals surface area contributed by atoms with Crippen LogP contribution in [0.2, 0.25) is 0 Å². The van der Waals surface area contributed by atoms with E-state index in [0.29, 0.717) is 0 Å². The number of benzene rings is 1. The van der Waals surface area contributed by atoms with Gasteiger partial charge in [0.05, 0.1) is 6.10 Å². The molecule has 94 valence electrons. The molecule has 3 heteroatoms. The van der Waals surface area contributed by atoms with Crippen molar-refractivity contribution in [1.82, 2.24) is 4.90 Å². The van der Waals surface area contributed by atoms with Crippen LogP contribution in [0.5, 0.6) is 0 Å². The Morgan fingerprint density at radius 3 is 2.59 bits per heavy atom. The maximum Gasteiger partial charge on any atom is 0.0573 e. The summed E-state index contributed by atoms with van der Waals surface area (Å²) in [6.07, 6.45) is 2.02. The van der Waals surface area contributed by atoms with Crippen molar-refractivity contribution >= 4 is 0 Å². The number of hydrogen-bond donors (Lipinski definition) is 2. The minimum atomic E-state index is -0.257. The predicted octanol–water partition coefficient (Wildman–Crippen LogP) is 1.57. The molecule has 0 radical (unpaired) electrons. The Morgan fingerprint density at radius 2 is 1.94 bits per heavy atom. The first kappa shape index (κ1) is 12.6. The fraction of sp³-hybridized carbons (Fsp3) is 0.571. The van der Waals surface area contributed by atoms with Gasteiger partial charge >= 0.3 is 0 Å². The van der Waals surface area contributed by atoms with Crippen LogP contribution in [-0.2, 0) is 0 Å². The molecule has 1 saturated heterocycles. The van der Waals surface area contributed by atoms with Gasteiger partial charge in [-0.2, -0.15) is 0 Å². The third-order valence-corrected chi connectivity index (χ3v) is 3.75. The standard InChI is InChI=1S/C14H21NO2/c1-15-12(7-8-16)9-13(17)10-14(15)11-5-3-2-4-6-11/h2-6,12-14,16-17H,7-10H2,1H3/t12?,13-,14+/m0/s1. The molecule has 2 N–H and O–H groups in total. The molecule has 0 spiro atoms. The van der Waals surface area contributed by atoms with Gasteiger partial charge in [-0.1, -0.05) is 30.3 Å². The average molecular weight is 235 g/mol. The number of hydrogen-bond acceptors (Lipinski definition) is 3. The molecule has 0 amide bonds. The minimum Gasteiger partial charge on any atom is -0.396 e. The van der Waals surface area contributed by atoms with Crippen molar-refractivity contribution < 1.29 is 10.2 Å². The highest BCUT2D eigenvalue weighted by Crippen LogP contribution is 2.34. The fourth-order valence-electron chi connectivity index (χ4n) is 2.77. The van der Waals surface area contributed by atoms with Crippen LogP contribution in [0.4, 0.5) is 0 Å². The molecule has 0 aliphatic carbocycles. The molecule has 1 heterocycles. The van der Waals surface area contributed by atoms with E-state index in [0.717, 1.165) is 19.3 Å². The topological polar surface area (TPSA) is 43.7 Å². The van der Waals surface area contributed by atoms with Crippen LogP contribution in [0.1, 0.15) is 30.9 Å². The molecule has 2 rings (SSSR count). The number of rotatable bonds is 3. The summed E-state index contributed by atoms with van der Waals surface area (Å²) in [7, 11) is 2.09. The quantitative estimate of drug-likeness (QED) is 0.835. The lowest BCUT2D eigenvalue weighted by Gasteiger charge is -2.42. The van der Waals surface area contributed by atoms with E-state index in [-0.39, 0.29) is 24.8 Å². The molecule has 0 aromatic heterocycles. The van der Waals surface area contributed by atoms with Crippen molar-refractivity contribution in [1.29, 1.82) is 0 Å². The Labute approximate surface area is 103 Å². The second-order valence-electron chi connectivity index (χ2n) is 4.88. The molecule has 1 aromatic carbocycles. The second kappa shape index (κ2) is 5.63. The first-order chi connectivity index (χ1) is 8.22. The molecule has 1 aliphatic rings. The smallest absolute Gasteiger partial charge is 0.0573 e. The first-order valence-corrected chi connectivity index (χ1v) is 6.28. The Morgan fingerprint density at radius 1 is 1.24 bits per heavy atom. The van der Waals surface area contributed by atoms with Crippen LogP contribution in [0.25, 0.3) is 0 Å². The van der Waals surface area contributed by atoms with Crippen LogP contribution in [-0.4, -0.2) is 40.9 Å². The summed E-state index contributed by atoms with van der Waals surface area (Å²) < 4.78 is 0. The Kier molecular flexibility index (Phi) is 4.15. The van der Waals surface area contributed by atoms with Gasteiger partial charge in [0.1, 0.15) is 0 Å². The Balaban J connectivity index is 2.16. The summed E-state index contributed by atoms with van der Waals surface area (Å²) >= 11 is 0. The van der Waals surface area contributed by atoms with E-state index in [1.807, 2.05) is 18.2 Å². The van der Waals surface area contributed by atoms with Crippen molar-refractivity contribution in [2.24, 2.45) is 0 Å². The SMILES string of the molecule is CN1C(CCO)C[C@H](O)C[C@@H]1c1ccccc1. The third-order valence-electron chi connectivity index (χ3n) is 3.75. The number of piperidine rings is 1. The molecule has 1 aliphatic heterocycles. The van der Waals surface area contributed by atoms with Crippen LogP contribution >= 0.6 is 0 Å². The zero-order valence-corrected chi connectivity index (χ0v) is 10.3. The van der Waals surface area contributed by atoms with E-state index in [1.165, 1.54) is 5.56 Å². The highest BCUT2D eigenvalue weighted by atomic mass is 16.3.